The van der Waals surface area contributed by atoms with Gasteiger partial charge in [0.2, 0.25) is 0 Å². The lowest BCUT2D eigenvalue weighted by Crippen LogP contribution is -2.42. The van der Waals surface area contributed by atoms with Crippen LogP contribution in [-0.4, -0.2) is 17.4 Å². The fourth-order valence-corrected chi connectivity index (χ4v) is 2.29. The molecule has 1 aromatic rings. The summed E-state index contributed by atoms with van der Waals surface area (Å²) in [7, 11) is 0. The zero-order valence-electron chi connectivity index (χ0n) is 10.2. The minimum atomic E-state index is -0.164. The van der Waals surface area contributed by atoms with E-state index in [0.717, 1.165) is 13.0 Å². The predicted octanol–water partition coefficient (Wildman–Crippen LogP) is 1.97. The minimum Gasteiger partial charge on any atom is -0.397 e. The van der Waals surface area contributed by atoms with E-state index >= 15 is 0 Å². The van der Waals surface area contributed by atoms with E-state index in [1.54, 1.807) is 18.3 Å². The molecule has 4 heteroatoms. The summed E-state index contributed by atoms with van der Waals surface area (Å²) in [6.07, 6.45) is 6.40. The van der Waals surface area contributed by atoms with E-state index in [1.165, 1.54) is 19.3 Å². The fourth-order valence-electron chi connectivity index (χ4n) is 2.29. The molecule has 4 nitrogen and oxygen atoms in total. The van der Waals surface area contributed by atoms with Crippen molar-refractivity contribution < 1.29 is 4.79 Å². The molecule has 1 aromatic heterocycles. The highest BCUT2D eigenvalue weighted by Crippen LogP contribution is 2.43. The maximum atomic E-state index is 11.9. The van der Waals surface area contributed by atoms with Crippen LogP contribution < -0.4 is 11.1 Å². The summed E-state index contributed by atoms with van der Waals surface area (Å²) >= 11 is 0. The molecule has 0 radical (unpaired) electrons. The fraction of sp³-hybridized carbons (Fsp3) is 0.538. The topological polar surface area (TPSA) is 68.0 Å². The van der Waals surface area contributed by atoms with Gasteiger partial charge in [-0.25, -0.2) is 4.98 Å². The molecule has 0 aliphatic heterocycles. The Morgan fingerprint density at radius 3 is 2.88 bits per heavy atom. The van der Waals surface area contributed by atoms with Crippen LogP contribution in [0.3, 0.4) is 0 Å². The van der Waals surface area contributed by atoms with Crippen molar-refractivity contribution in [3.05, 3.63) is 24.0 Å². The SMILES string of the molecule is CCC1(CNC(=O)c2ncccc2N)CCC1. The largest absolute Gasteiger partial charge is 0.397 e. The van der Waals surface area contributed by atoms with Crippen LogP contribution in [-0.2, 0) is 0 Å². The summed E-state index contributed by atoms with van der Waals surface area (Å²) in [4.78, 5) is 15.9. The second-order valence-electron chi connectivity index (χ2n) is 4.83. The molecule has 0 saturated heterocycles. The molecule has 1 saturated carbocycles. The van der Waals surface area contributed by atoms with Crippen molar-refractivity contribution in [2.45, 2.75) is 32.6 Å². The van der Waals surface area contributed by atoms with Crippen LogP contribution in [0, 0.1) is 5.41 Å². The first kappa shape index (κ1) is 11.9. The van der Waals surface area contributed by atoms with E-state index in [4.69, 9.17) is 5.73 Å². The van der Waals surface area contributed by atoms with Crippen molar-refractivity contribution in [3.63, 3.8) is 0 Å². The van der Waals surface area contributed by atoms with Gasteiger partial charge < -0.3 is 11.1 Å². The number of hydrogen-bond donors (Lipinski definition) is 2. The summed E-state index contributed by atoms with van der Waals surface area (Å²) in [5.41, 5.74) is 6.80. The van der Waals surface area contributed by atoms with Gasteiger partial charge in [-0.05, 0) is 36.8 Å². The highest BCUT2D eigenvalue weighted by atomic mass is 16.1. The third kappa shape index (κ3) is 2.40. The Balaban J connectivity index is 1.96. The maximum Gasteiger partial charge on any atom is 0.272 e. The van der Waals surface area contributed by atoms with Gasteiger partial charge in [-0.15, -0.1) is 0 Å². The van der Waals surface area contributed by atoms with Crippen LogP contribution in [0.1, 0.15) is 43.1 Å². The Labute approximate surface area is 102 Å². The number of nitrogens with two attached hydrogens (primary N) is 1. The standard InChI is InChI=1S/C13H19N3O/c1-2-13(6-4-7-13)9-16-12(17)11-10(14)5-3-8-15-11/h3,5,8H,2,4,6-7,9,14H2,1H3,(H,16,17). The number of nitrogens with zero attached hydrogens (tertiary/aromatic N) is 1. The van der Waals surface area contributed by atoms with Gasteiger partial charge in [-0.1, -0.05) is 13.3 Å². The van der Waals surface area contributed by atoms with E-state index in [1.807, 2.05) is 0 Å². The Kier molecular flexibility index (Phi) is 3.31. The molecule has 0 atom stereocenters. The monoisotopic (exact) mass is 233 g/mol. The number of nitrogens with one attached hydrogen (secondary N) is 1. The molecular weight excluding hydrogens is 214 g/mol. The number of pyridine rings is 1. The lowest BCUT2D eigenvalue weighted by atomic mass is 9.67. The lowest BCUT2D eigenvalue weighted by Gasteiger charge is -2.41. The molecule has 17 heavy (non-hydrogen) atoms. The van der Waals surface area contributed by atoms with Gasteiger partial charge in [0.05, 0.1) is 5.69 Å². The first-order valence-corrected chi connectivity index (χ1v) is 6.15. The zero-order valence-corrected chi connectivity index (χ0v) is 10.2. The van der Waals surface area contributed by atoms with E-state index in [2.05, 4.69) is 17.2 Å². The molecule has 0 aromatic carbocycles. The van der Waals surface area contributed by atoms with Crippen LogP contribution in [0.5, 0.6) is 0 Å². The van der Waals surface area contributed by atoms with E-state index < -0.39 is 0 Å². The lowest BCUT2D eigenvalue weighted by molar-refractivity contribution is 0.0846. The smallest absolute Gasteiger partial charge is 0.272 e. The number of hydrogen-bond acceptors (Lipinski definition) is 3. The molecule has 92 valence electrons. The third-order valence-corrected chi connectivity index (χ3v) is 3.84. The van der Waals surface area contributed by atoms with Crippen molar-refractivity contribution in [2.24, 2.45) is 5.41 Å². The van der Waals surface area contributed by atoms with Gasteiger partial charge in [0.1, 0.15) is 0 Å². The molecule has 1 aliphatic carbocycles. The number of amides is 1. The van der Waals surface area contributed by atoms with Crippen molar-refractivity contribution in [1.29, 1.82) is 0 Å². The molecule has 1 heterocycles. The van der Waals surface area contributed by atoms with Gasteiger partial charge >= 0.3 is 0 Å². The number of rotatable bonds is 4. The van der Waals surface area contributed by atoms with Gasteiger partial charge in [0, 0.05) is 12.7 Å². The molecule has 1 aliphatic rings. The summed E-state index contributed by atoms with van der Waals surface area (Å²) in [6, 6.07) is 3.42. The summed E-state index contributed by atoms with van der Waals surface area (Å²) in [5, 5.41) is 2.95. The van der Waals surface area contributed by atoms with Gasteiger partial charge in [-0.2, -0.15) is 0 Å². The summed E-state index contributed by atoms with van der Waals surface area (Å²) in [6.45, 7) is 2.92. The average Bonchev–Trinajstić information content (AvgIpc) is 2.28. The molecule has 0 unspecified atom stereocenters. The van der Waals surface area contributed by atoms with Crippen LogP contribution in [0.4, 0.5) is 5.69 Å². The normalized spacial score (nSPS) is 17.2. The highest BCUT2D eigenvalue weighted by Gasteiger charge is 2.35. The first-order valence-electron chi connectivity index (χ1n) is 6.15. The maximum absolute atomic E-state index is 11.9. The third-order valence-electron chi connectivity index (χ3n) is 3.84. The van der Waals surface area contributed by atoms with E-state index in [-0.39, 0.29) is 5.91 Å². The second kappa shape index (κ2) is 4.73. The number of carbonyl (C=O) groups excluding carboxylic acids is 1. The molecule has 1 amide bonds. The van der Waals surface area contributed by atoms with Crippen molar-refractivity contribution >= 4 is 11.6 Å². The Morgan fingerprint density at radius 2 is 2.35 bits per heavy atom. The van der Waals surface area contributed by atoms with Crippen LogP contribution in [0.2, 0.25) is 0 Å². The summed E-state index contributed by atoms with van der Waals surface area (Å²) in [5.74, 6) is -0.164. The molecule has 2 rings (SSSR count). The zero-order chi connectivity index (χ0) is 12.3. The van der Waals surface area contributed by atoms with Crippen LogP contribution in [0.25, 0.3) is 0 Å². The second-order valence-corrected chi connectivity index (χ2v) is 4.83. The average molecular weight is 233 g/mol. The van der Waals surface area contributed by atoms with Gasteiger partial charge in [-0.3, -0.25) is 4.79 Å². The molecule has 0 spiro atoms. The number of aromatic nitrogens is 1. The number of nitrogen functional groups attached to an aromatic ring is 1. The minimum absolute atomic E-state index is 0.164. The quantitative estimate of drug-likeness (QED) is 0.835. The number of anilines is 1. The van der Waals surface area contributed by atoms with Crippen LogP contribution in [0.15, 0.2) is 18.3 Å². The summed E-state index contributed by atoms with van der Waals surface area (Å²) < 4.78 is 0. The number of carbonyl (C=O) groups is 1. The van der Waals surface area contributed by atoms with Crippen molar-refractivity contribution in [3.8, 4) is 0 Å². The first-order chi connectivity index (χ1) is 8.17. The van der Waals surface area contributed by atoms with E-state index in [0.29, 0.717) is 16.8 Å². The predicted molar refractivity (Wildman–Crippen MR) is 67.6 cm³/mol. The van der Waals surface area contributed by atoms with Crippen LogP contribution >= 0.6 is 0 Å². The van der Waals surface area contributed by atoms with Crippen molar-refractivity contribution in [2.75, 3.05) is 12.3 Å². The molecular formula is C13H19N3O. The van der Waals surface area contributed by atoms with E-state index in [9.17, 15) is 4.79 Å². The Morgan fingerprint density at radius 1 is 1.59 bits per heavy atom. The molecule has 3 N–H and O–H groups in total. The highest BCUT2D eigenvalue weighted by molar-refractivity contribution is 5.96. The van der Waals surface area contributed by atoms with Gasteiger partial charge in [0.15, 0.2) is 5.69 Å². The van der Waals surface area contributed by atoms with Crippen molar-refractivity contribution in [1.82, 2.24) is 10.3 Å². The molecule has 0 bridgehead atoms. The van der Waals surface area contributed by atoms with Gasteiger partial charge in [0.25, 0.3) is 5.91 Å². The Bertz CT molecular complexity index is 407. The Hall–Kier alpha value is -1.58. The molecule has 1 fully saturated rings.